The molecule has 3 heterocycles. The molecule has 1 atom stereocenters. The zero-order valence-electron chi connectivity index (χ0n) is 10.9. The molecule has 2 aliphatic rings. The molecule has 1 N–H and O–H groups in total. The Morgan fingerprint density at radius 1 is 1.50 bits per heavy atom. The van der Waals surface area contributed by atoms with Crippen molar-refractivity contribution in [3.63, 3.8) is 0 Å². The third-order valence-corrected chi connectivity index (χ3v) is 5.21. The highest BCUT2D eigenvalue weighted by atomic mass is 32.1. The lowest BCUT2D eigenvalue weighted by atomic mass is 9.89. The Labute approximate surface area is 112 Å². The number of carbonyl (C=O) groups excluding carboxylic acids is 1. The van der Waals surface area contributed by atoms with E-state index in [0.29, 0.717) is 5.91 Å². The summed E-state index contributed by atoms with van der Waals surface area (Å²) in [5, 5.41) is 5.56. The van der Waals surface area contributed by atoms with Gasteiger partial charge in [0, 0.05) is 18.0 Å². The number of hydrogen-bond acceptors (Lipinski definition) is 3. The van der Waals surface area contributed by atoms with Gasteiger partial charge in [0.05, 0.1) is 5.54 Å². The van der Waals surface area contributed by atoms with E-state index in [0.717, 1.165) is 38.9 Å². The first-order valence-corrected chi connectivity index (χ1v) is 7.67. The van der Waals surface area contributed by atoms with E-state index in [4.69, 9.17) is 0 Å². The van der Waals surface area contributed by atoms with Gasteiger partial charge in [-0.15, -0.1) is 11.3 Å². The van der Waals surface area contributed by atoms with Crippen LogP contribution in [0.1, 0.15) is 36.6 Å². The van der Waals surface area contributed by atoms with Crippen molar-refractivity contribution in [3.8, 4) is 0 Å². The van der Waals surface area contributed by atoms with E-state index in [2.05, 4.69) is 23.7 Å². The van der Waals surface area contributed by atoms with Gasteiger partial charge in [0.1, 0.15) is 0 Å². The minimum absolute atomic E-state index is 0.291. The third kappa shape index (κ3) is 2.08. The van der Waals surface area contributed by atoms with Crippen LogP contribution >= 0.6 is 11.3 Å². The zero-order chi connectivity index (χ0) is 12.6. The predicted octanol–water partition coefficient (Wildman–Crippen LogP) is 2.17. The van der Waals surface area contributed by atoms with Gasteiger partial charge in [-0.1, -0.05) is 0 Å². The first-order valence-electron chi connectivity index (χ1n) is 6.79. The van der Waals surface area contributed by atoms with Crippen LogP contribution in [0.15, 0.2) is 11.4 Å². The highest BCUT2D eigenvalue weighted by Crippen LogP contribution is 2.27. The highest BCUT2D eigenvalue weighted by Gasteiger charge is 2.38. The van der Waals surface area contributed by atoms with E-state index in [1.807, 2.05) is 16.2 Å². The summed E-state index contributed by atoms with van der Waals surface area (Å²) in [5.41, 5.74) is 1.02. The van der Waals surface area contributed by atoms with E-state index >= 15 is 0 Å². The first kappa shape index (κ1) is 12.2. The molecular formula is C14H20N2OS. The SMILES string of the molecule is CC1(C(=O)N2CCc3sccc3C2)CCCCN1. The molecule has 3 rings (SSSR count). The molecule has 1 aromatic rings. The number of piperidine rings is 1. The van der Waals surface area contributed by atoms with Crippen molar-refractivity contribution < 1.29 is 4.79 Å². The number of rotatable bonds is 1. The normalized spacial score (nSPS) is 27.9. The second kappa shape index (κ2) is 4.67. The third-order valence-electron chi connectivity index (χ3n) is 4.19. The predicted molar refractivity (Wildman–Crippen MR) is 73.7 cm³/mol. The largest absolute Gasteiger partial charge is 0.336 e. The fourth-order valence-corrected chi connectivity index (χ4v) is 3.90. The molecule has 1 amide bonds. The molecule has 2 aliphatic heterocycles. The van der Waals surface area contributed by atoms with Crippen LogP contribution in [0.5, 0.6) is 0 Å². The summed E-state index contributed by atoms with van der Waals surface area (Å²) < 4.78 is 0. The van der Waals surface area contributed by atoms with E-state index in [9.17, 15) is 4.79 Å². The fourth-order valence-electron chi connectivity index (χ4n) is 3.01. The molecule has 1 aromatic heterocycles. The van der Waals surface area contributed by atoms with Gasteiger partial charge in [-0.3, -0.25) is 4.79 Å². The molecule has 0 aromatic carbocycles. The minimum atomic E-state index is -0.328. The van der Waals surface area contributed by atoms with Crippen LogP contribution in [0.2, 0.25) is 0 Å². The lowest BCUT2D eigenvalue weighted by molar-refractivity contribution is -0.139. The summed E-state index contributed by atoms with van der Waals surface area (Å²) in [5.74, 6) is 0.291. The number of amides is 1. The molecule has 18 heavy (non-hydrogen) atoms. The molecule has 0 spiro atoms. The van der Waals surface area contributed by atoms with Crippen LogP contribution in [0.4, 0.5) is 0 Å². The molecule has 1 unspecified atom stereocenters. The Balaban J connectivity index is 1.74. The van der Waals surface area contributed by atoms with Gasteiger partial charge in [-0.2, -0.15) is 0 Å². The average Bonchev–Trinajstić information content (AvgIpc) is 2.86. The Hall–Kier alpha value is -0.870. The number of hydrogen-bond donors (Lipinski definition) is 1. The van der Waals surface area contributed by atoms with Crippen molar-refractivity contribution in [2.45, 2.75) is 44.7 Å². The number of carbonyl (C=O) groups is 1. The Kier molecular flexibility index (Phi) is 3.16. The van der Waals surface area contributed by atoms with E-state index < -0.39 is 0 Å². The molecule has 3 nitrogen and oxygen atoms in total. The summed E-state index contributed by atoms with van der Waals surface area (Å²) in [6.07, 6.45) is 4.35. The van der Waals surface area contributed by atoms with Gasteiger partial charge in [-0.25, -0.2) is 0 Å². The molecular weight excluding hydrogens is 244 g/mol. The second-order valence-corrected chi connectivity index (χ2v) is 6.56. The number of nitrogens with one attached hydrogen (secondary N) is 1. The maximum absolute atomic E-state index is 12.7. The van der Waals surface area contributed by atoms with Gasteiger partial charge in [0.15, 0.2) is 0 Å². The van der Waals surface area contributed by atoms with Crippen molar-refractivity contribution in [2.75, 3.05) is 13.1 Å². The highest BCUT2D eigenvalue weighted by molar-refractivity contribution is 7.10. The van der Waals surface area contributed by atoms with Crippen molar-refractivity contribution in [3.05, 3.63) is 21.9 Å². The van der Waals surface area contributed by atoms with Gasteiger partial charge >= 0.3 is 0 Å². The summed E-state index contributed by atoms with van der Waals surface area (Å²) >= 11 is 1.82. The maximum atomic E-state index is 12.7. The lowest BCUT2D eigenvalue weighted by Gasteiger charge is -2.39. The van der Waals surface area contributed by atoms with E-state index in [1.165, 1.54) is 16.9 Å². The van der Waals surface area contributed by atoms with Crippen molar-refractivity contribution >= 4 is 17.2 Å². The monoisotopic (exact) mass is 264 g/mol. The Morgan fingerprint density at radius 2 is 2.39 bits per heavy atom. The molecule has 0 saturated carbocycles. The van der Waals surface area contributed by atoms with Crippen LogP contribution < -0.4 is 5.32 Å². The minimum Gasteiger partial charge on any atom is -0.336 e. The summed E-state index contributed by atoms with van der Waals surface area (Å²) in [6.45, 7) is 4.72. The maximum Gasteiger partial charge on any atom is 0.242 e. The molecule has 0 radical (unpaired) electrons. The number of fused-ring (bicyclic) bond motifs is 1. The smallest absolute Gasteiger partial charge is 0.242 e. The molecule has 98 valence electrons. The van der Waals surface area contributed by atoms with E-state index in [1.54, 1.807) is 0 Å². The Bertz CT molecular complexity index is 448. The Morgan fingerprint density at radius 3 is 3.17 bits per heavy atom. The fraction of sp³-hybridized carbons (Fsp3) is 0.643. The molecule has 0 aliphatic carbocycles. The quantitative estimate of drug-likeness (QED) is 0.843. The van der Waals surface area contributed by atoms with Crippen molar-refractivity contribution in [1.29, 1.82) is 0 Å². The van der Waals surface area contributed by atoms with Gasteiger partial charge in [-0.05, 0) is 56.2 Å². The summed E-state index contributed by atoms with van der Waals surface area (Å²) in [6, 6.07) is 2.16. The van der Waals surface area contributed by atoms with Crippen molar-refractivity contribution in [2.24, 2.45) is 0 Å². The van der Waals surface area contributed by atoms with Crippen LogP contribution in [0.25, 0.3) is 0 Å². The van der Waals surface area contributed by atoms with Crippen molar-refractivity contribution in [1.82, 2.24) is 10.2 Å². The van der Waals surface area contributed by atoms with Crippen LogP contribution in [0, 0.1) is 0 Å². The number of nitrogens with zero attached hydrogens (tertiary/aromatic N) is 1. The van der Waals surface area contributed by atoms with Gasteiger partial charge < -0.3 is 10.2 Å². The summed E-state index contributed by atoms with van der Waals surface area (Å²) in [7, 11) is 0. The summed E-state index contributed by atoms with van der Waals surface area (Å²) in [4.78, 5) is 16.2. The van der Waals surface area contributed by atoms with Crippen LogP contribution in [-0.2, 0) is 17.8 Å². The van der Waals surface area contributed by atoms with Crippen LogP contribution in [0.3, 0.4) is 0 Å². The molecule has 4 heteroatoms. The molecule has 1 fully saturated rings. The van der Waals surface area contributed by atoms with Gasteiger partial charge in [0.2, 0.25) is 5.91 Å². The average molecular weight is 264 g/mol. The second-order valence-electron chi connectivity index (χ2n) is 5.56. The van der Waals surface area contributed by atoms with E-state index in [-0.39, 0.29) is 5.54 Å². The first-order chi connectivity index (χ1) is 8.69. The number of thiophene rings is 1. The standard InChI is InChI=1S/C14H20N2OS/c1-14(6-2-3-7-15-14)13(17)16-8-4-12-11(10-16)5-9-18-12/h5,9,15H,2-4,6-8,10H2,1H3. The van der Waals surface area contributed by atoms with Gasteiger partial charge in [0.25, 0.3) is 0 Å². The lowest BCUT2D eigenvalue weighted by Crippen LogP contribution is -2.58. The topological polar surface area (TPSA) is 32.3 Å². The molecule has 1 saturated heterocycles. The molecule has 0 bridgehead atoms. The van der Waals surface area contributed by atoms with Crippen LogP contribution in [-0.4, -0.2) is 29.4 Å². The zero-order valence-corrected chi connectivity index (χ0v) is 11.7.